The average molecular weight is 267 g/mol. The summed E-state index contributed by atoms with van der Waals surface area (Å²) < 4.78 is 13.4. The summed E-state index contributed by atoms with van der Waals surface area (Å²) in [5.41, 5.74) is 1.65. The van der Waals surface area contributed by atoms with E-state index in [1.54, 1.807) is 6.07 Å². The first-order valence-electron chi connectivity index (χ1n) is 5.81. The molecule has 0 saturated heterocycles. The molecule has 2 rings (SSSR count). The van der Waals surface area contributed by atoms with Crippen LogP contribution in [0.2, 0.25) is 5.02 Å². The van der Waals surface area contributed by atoms with Gasteiger partial charge in [0, 0.05) is 24.1 Å². The Labute approximate surface area is 111 Å². The first-order valence-corrected chi connectivity index (χ1v) is 6.19. The minimum Gasteiger partial charge on any atom is -0.373 e. The molecule has 0 radical (unpaired) electrons. The van der Waals surface area contributed by atoms with Gasteiger partial charge in [0.1, 0.15) is 11.6 Å². The number of rotatable bonds is 1. The van der Waals surface area contributed by atoms with Crippen molar-refractivity contribution in [3.8, 4) is 0 Å². The number of nitrogens with zero attached hydrogens (tertiary/aromatic N) is 1. The Morgan fingerprint density at radius 3 is 2.44 bits per heavy atom. The van der Waals surface area contributed by atoms with Crippen LogP contribution in [0.15, 0.2) is 18.2 Å². The van der Waals surface area contributed by atoms with Crippen molar-refractivity contribution in [1.82, 2.24) is 4.98 Å². The van der Waals surface area contributed by atoms with Crippen molar-refractivity contribution in [2.75, 3.05) is 12.4 Å². The van der Waals surface area contributed by atoms with E-state index in [2.05, 4.69) is 31.1 Å². The van der Waals surface area contributed by atoms with Gasteiger partial charge in [-0.2, -0.15) is 0 Å². The molecule has 0 fully saturated rings. The number of anilines is 1. The summed E-state index contributed by atoms with van der Waals surface area (Å²) in [5, 5.41) is 4.04. The third-order valence-corrected chi connectivity index (χ3v) is 3.19. The lowest BCUT2D eigenvalue weighted by Crippen LogP contribution is -2.15. The van der Waals surface area contributed by atoms with E-state index in [0.717, 1.165) is 16.8 Å². The van der Waals surface area contributed by atoms with Crippen LogP contribution < -0.4 is 5.32 Å². The lowest BCUT2D eigenvalue weighted by Gasteiger charge is -2.22. The monoisotopic (exact) mass is 266 g/mol. The van der Waals surface area contributed by atoms with Crippen LogP contribution >= 0.6 is 11.6 Å². The maximum atomic E-state index is 13.4. The second-order valence-electron chi connectivity index (χ2n) is 5.34. The largest absolute Gasteiger partial charge is 0.373 e. The van der Waals surface area contributed by atoms with Crippen LogP contribution in [-0.2, 0) is 5.41 Å². The highest BCUT2D eigenvalue weighted by molar-refractivity contribution is 6.31. The standard InChI is InChI=1S/C14H16ClFN2/c1-14(2,3)9-5-8-6-10(15)11(16)7-12(8)18-13(9)17-4/h5-7H,1-4H3,(H,17,18). The fraction of sp³-hybridized carbons (Fsp3) is 0.357. The second-order valence-corrected chi connectivity index (χ2v) is 5.75. The van der Waals surface area contributed by atoms with Crippen LogP contribution in [0.1, 0.15) is 26.3 Å². The fourth-order valence-electron chi connectivity index (χ4n) is 1.93. The molecule has 0 atom stereocenters. The van der Waals surface area contributed by atoms with Crippen molar-refractivity contribution in [3.05, 3.63) is 34.6 Å². The third-order valence-electron chi connectivity index (χ3n) is 2.90. The zero-order valence-electron chi connectivity index (χ0n) is 10.9. The number of hydrogen-bond donors (Lipinski definition) is 1. The Balaban J connectivity index is 2.77. The summed E-state index contributed by atoms with van der Waals surface area (Å²) in [7, 11) is 1.82. The number of hydrogen-bond acceptors (Lipinski definition) is 2. The molecule has 18 heavy (non-hydrogen) atoms. The van der Waals surface area contributed by atoms with Gasteiger partial charge >= 0.3 is 0 Å². The zero-order chi connectivity index (χ0) is 13.5. The maximum absolute atomic E-state index is 13.4. The molecule has 1 N–H and O–H groups in total. The van der Waals surface area contributed by atoms with Gasteiger partial charge in [-0.3, -0.25) is 0 Å². The van der Waals surface area contributed by atoms with Crippen molar-refractivity contribution in [3.63, 3.8) is 0 Å². The lowest BCUT2D eigenvalue weighted by molar-refractivity contribution is 0.591. The normalized spacial score (nSPS) is 11.9. The highest BCUT2D eigenvalue weighted by Crippen LogP contribution is 2.32. The van der Waals surface area contributed by atoms with Crippen molar-refractivity contribution < 1.29 is 4.39 Å². The molecule has 0 aliphatic heterocycles. The van der Waals surface area contributed by atoms with Crippen LogP contribution in [0.25, 0.3) is 10.9 Å². The van der Waals surface area contributed by atoms with Gasteiger partial charge in [0.2, 0.25) is 0 Å². The van der Waals surface area contributed by atoms with Crippen molar-refractivity contribution >= 4 is 28.3 Å². The fourth-order valence-corrected chi connectivity index (χ4v) is 2.10. The molecule has 1 aromatic carbocycles. The van der Waals surface area contributed by atoms with Crippen LogP contribution in [0, 0.1) is 5.82 Å². The van der Waals surface area contributed by atoms with Gasteiger partial charge < -0.3 is 5.32 Å². The van der Waals surface area contributed by atoms with Crippen LogP contribution in [-0.4, -0.2) is 12.0 Å². The summed E-state index contributed by atoms with van der Waals surface area (Å²) in [6.07, 6.45) is 0. The average Bonchev–Trinajstić information content (AvgIpc) is 2.28. The molecular weight excluding hydrogens is 251 g/mol. The van der Waals surface area contributed by atoms with Gasteiger partial charge in [0.15, 0.2) is 0 Å². The van der Waals surface area contributed by atoms with Gasteiger partial charge in [0.25, 0.3) is 0 Å². The molecule has 0 unspecified atom stereocenters. The number of aromatic nitrogens is 1. The van der Waals surface area contributed by atoms with E-state index in [9.17, 15) is 4.39 Å². The molecule has 0 aliphatic carbocycles. The summed E-state index contributed by atoms with van der Waals surface area (Å²) >= 11 is 5.81. The Kier molecular flexibility index (Phi) is 3.20. The first kappa shape index (κ1) is 13.1. The molecule has 1 aromatic heterocycles. The number of nitrogens with one attached hydrogen (secondary N) is 1. The van der Waals surface area contributed by atoms with Gasteiger partial charge in [-0.15, -0.1) is 0 Å². The summed E-state index contributed by atoms with van der Waals surface area (Å²) in [6.45, 7) is 6.34. The minimum absolute atomic E-state index is 0.0413. The van der Waals surface area contributed by atoms with E-state index in [1.807, 2.05) is 13.1 Å². The third kappa shape index (κ3) is 2.27. The van der Waals surface area contributed by atoms with Gasteiger partial charge in [-0.05, 0) is 17.5 Å². The second kappa shape index (κ2) is 4.39. The van der Waals surface area contributed by atoms with Gasteiger partial charge in [-0.1, -0.05) is 32.4 Å². The van der Waals surface area contributed by atoms with E-state index in [1.165, 1.54) is 6.07 Å². The molecule has 1 heterocycles. The summed E-state index contributed by atoms with van der Waals surface area (Å²) in [5.74, 6) is 0.332. The molecule has 0 aliphatic rings. The topological polar surface area (TPSA) is 24.9 Å². The first-order chi connectivity index (χ1) is 8.32. The van der Waals surface area contributed by atoms with E-state index in [-0.39, 0.29) is 10.4 Å². The quantitative estimate of drug-likeness (QED) is 0.829. The van der Waals surface area contributed by atoms with Crippen molar-refractivity contribution in [2.24, 2.45) is 0 Å². The molecule has 4 heteroatoms. The van der Waals surface area contributed by atoms with E-state index in [4.69, 9.17) is 11.6 Å². The predicted octanol–water partition coefficient (Wildman–Crippen LogP) is 4.37. The van der Waals surface area contributed by atoms with Crippen molar-refractivity contribution in [1.29, 1.82) is 0 Å². The van der Waals surface area contributed by atoms with E-state index >= 15 is 0 Å². The molecule has 96 valence electrons. The summed E-state index contributed by atoms with van der Waals surface area (Å²) in [6, 6.07) is 5.00. The molecular formula is C14H16ClFN2. The smallest absolute Gasteiger partial charge is 0.143 e. The van der Waals surface area contributed by atoms with Gasteiger partial charge in [0.05, 0.1) is 10.5 Å². The number of fused-ring (bicyclic) bond motifs is 1. The molecule has 2 aromatic rings. The van der Waals surface area contributed by atoms with Crippen LogP contribution in [0.4, 0.5) is 10.2 Å². The molecule has 2 nitrogen and oxygen atoms in total. The van der Waals surface area contributed by atoms with Crippen molar-refractivity contribution in [2.45, 2.75) is 26.2 Å². The van der Waals surface area contributed by atoms with E-state index < -0.39 is 5.82 Å². The van der Waals surface area contributed by atoms with Gasteiger partial charge in [-0.25, -0.2) is 9.37 Å². The zero-order valence-corrected chi connectivity index (χ0v) is 11.7. The Hall–Kier alpha value is -1.35. The number of benzene rings is 1. The number of pyridine rings is 1. The Morgan fingerprint density at radius 1 is 1.22 bits per heavy atom. The summed E-state index contributed by atoms with van der Waals surface area (Å²) in [4.78, 5) is 4.45. The lowest BCUT2D eigenvalue weighted by atomic mass is 9.86. The highest BCUT2D eigenvalue weighted by atomic mass is 35.5. The maximum Gasteiger partial charge on any atom is 0.143 e. The molecule has 0 amide bonds. The number of halogens is 2. The Morgan fingerprint density at radius 2 is 1.89 bits per heavy atom. The van der Waals surface area contributed by atoms with E-state index in [0.29, 0.717) is 5.52 Å². The predicted molar refractivity (Wildman–Crippen MR) is 75.0 cm³/mol. The van der Waals surface area contributed by atoms with Crippen LogP contribution in [0.3, 0.4) is 0 Å². The Bertz CT molecular complexity index is 603. The minimum atomic E-state index is -0.442. The molecule has 0 saturated carbocycles. The molecule has 0 bridgehead atoms. The highest BCUT2D eigenvalue weighted by Gasteiger charge is 2.20. The van der Waals surface area contributed by atoms with Crippen LogP contribution in [0.5, 0.6) is 0 Å². The SMILES string of the molecule is CNc1nc2cc(F)c(Cl)cc2cc1C(C)(C)C. The molecule has 0 spiro atoms.